The maximum Gasteiger partial charge on any atom is 0.225 e. The number of carbonyl (C=O) groups is 1. The van der Waals surface area contributed by atoms with Crippen LogP contribution in [0.25, 0.3) is 0 Å². The highest BCUT2D eigenvalue weighted by molar-refractivity contribution is 14.0. The Morgan fingerprint density at radius 1 is 1.15 bits per heavy atom. The van der Waals surface area contributed by atoms with E-state index in [2.05, 4.69) is 15.6 Å². The Morgan fingerprint density at radius 2 is 1.81 bits per heavy atom. The molecule has 0 aromatic carbocycles. The van der Waals surface area contributed by atoms with Crippen LogP contribution in [0.5, 0.6) is 0 Å². The van der Waals surface area contributed by atoms with Crippen LogP contribution in [0.4, 0.5) is 0 Å². The van der Waals surface area contributed by atoms with Gasteiger partial charge < -0.3 is 20.6 Å². The van der Waals surface area contributed by atoms with Crippen molar-refractivity contribution in [2.24, 2.45) is 10.9 Å². The Hall–Kier alpha value is -0.570. The SMILES string of the molecule is CCNC(=NCC(O)(CC)CC)NC1CCN(C(=O)C2CCCCC2)C1.I. The zero-order chi connectivity index (χ0) is 19.0. The van der Waals surface area contributed by atoms with Gasteiger partial charge in [-0.25, -0.2) is 0 Å². The molecule has 1 saturated carbocycles. The predicted molar refractivity (Wildman–Crippen MR) is 122 cm³/mol. The Labute approximate surface area is 182 Å². The van der Waals surface area contributed by atoms with E-state index < -0.39 is 5.60 Å². The first-order valence-electron chi connectivity index (χ1n) is 10.6. The fourth-order valence-electron chi connectivity index (χ4n) is 3.90. The van der Waals surface area contributed by atoms with E-state index in [1.165, 1.54) is 19.3 Å². The van der Waals surface area contributed by atoms with Crippen molar-refractivity contribution in [1.82, 2.24) is 15.5 Å². The van der Waals surface area contributed by atoms with Gasteiger partial charge in [0.15, 0.2) is 5.96 Å². The number of guanidine groups is 1. The second-order valence-corrected chi connectivity index (χ2v) is 7.88. The minimum Gasteiger partial charge on any atom is -0.388 e. The molecule has 1 unspecified atom stereocenters. The first-order chi connectivity index (χ1) is 12.5. The second-order valence-electron chi connectivity index (χ2n) is 7.88. The van der Waals surface area contributed by atoms with Crippen LogP contribution in [0.1, 0.15) is 72.1 Å². The fraction of sp³-hybridized carbons (Fsp3) is 0.900. The number of nitrogens with one attached hydrogen (secondary N) is 2. The van der Waals surface area contributed by atoms with Crippen LogP contribution in [0.2, 0.25) is 0 Å². The van der Waals surface area contributed by atoms with Crippen molar-refractivity contribution in [3.05, 3.63) is 0 Å². The summed E-state index contributed by atoms with van der Waals surface area (Å²) in [4.78, 5) is 19.3. The maximum absolute atomic E-state index is 12.7. The van der Waals surface area contributed by atoms with Gasteiger partial charge in [0.25, 0.3) is 0 Å². The summed E-state index contributed by atoms with van der Waals surface area (Å²) in [6.45, 7) is 8.78. The minimum atomic E-state index is -0.735. The lowest BCUT2D eigenvalue weighted by Crippen LogP contribution is -2.46. The van der Waals surface area contributed by atoms with Crippen LogP contribution in [-0.4, -0.2) is 59.7 Å². The van der Waals surface area contributed by atoms with Crippen molar-refractivity contribution >= 4 is 35.8 Å². The number of hydrogen-bond donors (Lipinski definition) is 3. The number of aliphatic hydroxyl groups is 1. The van der Waals surface area contributed by atoms with Gasteiger partial charge in [0.1, 0.15) is 0 Å². The summed E-state index contributed by atoms with van der Waals surface area (Å²) in [5, 5.41) is 17.2. The van der Waals surface area contributed by atoms with Gasteiger partial charge in [-0.05, 0) is 39.0 Å². The number of rotatable bonds is 7. The first-order valence-corrected chi connectivity index (χ1v) is 10.6. The number of amides is 1. The second kappa shape index (κ2) is 12.1. The molecule has 2 rings (SSSR count). The Kier molecular flexibility index (Phi) is 11.0. The van der Waals surface area contributed by atoms with Gasteiger partial charge in [0, 0.05) is 31.6 Å². The molecule has 1 aliphatic heterocycles. The van der Waals surface area contributed by atoms with E-state index in [-0.39, 0.29) is 35.9 Å². The molecule has 0 aromatic heterocycles. The molecule has 158 valence electrons. The summed E-state index contributed by atoms with van der Waals surface area (Å²) < 4.78 is 0. The van der Waals surface area contributed by atoms with Crippen molar-refractivity contribution in [3.8, 4) is 0 Å². The van der Waals surface area contributed by atoms with Gasteiger partial charge in [0.2, 0.25) is 5.91 Å². The van der Waals surface area contributed by atoms with E-state index in [1.54, 1.807) is 0 Å². The van der Waals surface area contributed by atoms with E-state index in [0.717, 1.165) is 44.9 Å². The highest BCUT2D eigenvalue weighted by atomic mass is 127. The molecule has 2 fully saturated rings. The normalized spacial score (nSPS) is 21.7. The quantitative estimate of drug-likeness (QED) is 0.289. The van der Waals surface area contributed by atoms with E-state index >= 15 is 0 Å². The van der Waals surface area contributed by atoms with Gasteiger partial charge in [-0.1, -0.05) is 33.1 Å². The molecule has 0 bridgehead atoms. The van der Waals surface area contributed by atoms with E-state index in [1.807, 2.05) is 25.7 Å². The molecule has 7 heteroatoms. The molecule has 2 aliphatic rings. The molecule has 1 heterocycles. The maximum atomic E-state index is 12.7. The Morgan fingerprint density at radius 3 is 2.41 bits per heavy atom. The van der Waals surface area contributed by atoms with Crippen LogP contribution in [0.15, 0.2) is 4.99 Å². The highest BCUT2D eigenvalue weighted by Gasteiger charge is 2.32. The topological polar surface area (TPSA) is 77.0 Å². The molecule has 1 aliphatic carbocycles. The van der Waals surface area contributed by atoms with Crippen molar-refractivity contribution < 1.29 is 9.90 Å². The van der Waals surface area contributed by atoms with E-state index in [0.29, 0.717) is 25.3 Å². The van der Waals surface area contributed by atoms with E-state index in [4.69, 9.17) is 0 Å². The number of hydrogen-bond acceptors (Lipinski definition) is 3. The summed E-state index contributed by atoms with van der Waals surface area (Å²) in [5.41, 5.74) is -0.735. The van der Waals surface area contributed by atoms with Gasteiger partial charge in [-0.2, -0.15) is 0 Å². The molecule has 1 atom stereocenters. The van der Waals surface area contributed by atoms with Crippen LogP contribution in [0, 0.1) is 5.92 Å². The van der Waals surface area contributed by atoms with Crippen molar-refractivity contribution in [2.75, 3.05) is 26.2 Å². The molecular formula is C20H39IN4O2. The monoisotopic (exact) mass is 494 g/mol. The molecule has 27 heavy (non-hydrogen) atoms. The zero-order valence-electron chi connectivity index (χ0n) is 17.3. The van der Waals surface area contributed by atoms with Crippen molar-refractivity contribution in [3.63, 3.8) is 0 Å². The van der Waals surface area contributed by atoms with E-state index in [9.17, 15) is 9.90 Å². The first kappa shape index (κ1) is 24.5. The average Bonchev–Trinajstić information content (AvgIpc) is 3.14. The van der Waals surface area contributed by atoms with Gasteiger partial charge in [0.05, 0.1) is 12.1 Å². The molecule has 6 nitrogen and oxygen atoms in total. The number of halogens is 1. The zero-order valence-corrected chi connectivity index (χ0v) is 19.6. The third-order valence-corrected chi connectivity index (χ3v) is 5.99. The molecular weight excluding hydrogens is 455 g/mol. The lowest BCUT2D eigenvalue weighted by molar-refractivity contribution is -0.135. The van der Waals surface area contributed by atoms with Crippen LogP contribution in [0.3, 0.4) is 0 Å². The molecule has 1 amide bonds. The molecule has 1 saturated heterocycles. The average molecular weight is 494 g/mol. The number of carbonyl (C=O) groups excluding carboxylic acids is 1. The standard InChI is InChI=1S/C20H38N4O2.HI/c1-4-20(26,5-2)15-22-19(21-6-3)23-17-12-13-24(14-17)18(25)16-10-8-7-9-11-16;/h16-17,26H,4-15H2,1-3H3,(H2,21,22,23);1H. The molecule has 0 radical (unpaired) electrons. The summed E-state index contributed by atoms with van der Waals surface area (Å²) in [5.74, 6) is 1.33. The number of likely N-dealkylation sites (tertiary alicyclic amines) is 1. The lowest BCUT2D eigenvalue weighted by atomic mass is 9.88. The van der Waals surface area contributed by atoms with Gasteiger partial charge >= 0.3 is 0 Å². The van der Waals surface area contributed by atoms with Gasteiger partial charge in [-0.15, -0.1) is 24.0 Å². The summed E-state index contributed by atoms with van der Waals surface area (Å²) in [6.07, 6.45) is 8.13. The summed E-state index contributed by atoms with van der Waals surface area (Å²) in [6, 6.07) is 0.233. The van der Waals surface area contributed by atoms with Crippen molar-refractivity contribution in [2.45, 2.75) is 83.8 Å². The largest absolute Gasteiger partial charge is 0.388 e. The summed E-state index contributed by atoms with van der Waals surface area (Å²) in [7, 11) is 0. The molecule has 3 N–H and O–H groups in total. The highest BCUT2D eigenvalue weighted by Crippen LogP contribution is 2.26. The Balaban J connectivity index is 0.00000364. The summed E-state index contributed by atoms with van der Waals surface area (Å²) >= 11 is 0. The Bertz CT molecular complexity index is 477. The van der Waals surface area contributed by atoms with Crippen molar-refractivity contribution in [1.29, 1.82) is 0 Å². The minimum absolute atomic E-state index is 0. The third kappa shape index (κ3) is 7.40. The molecule has 0 aromatic rings. The number of nitrogens with zero attached hydrogens (tertiary/aromatic N) is 2. The predicted octanol–water partition coefficient (Wildman–Crippen LogP) is 2.89. The third-order valence-electron chi connectivity index (χ3n) is 5.99. The fourth-order valence-corrected chi connectivity index (χ4v) is 3.90. The van der Waals surface area contributed by atoms with Gasteiger partial charge in [-0.3, -0.25) is 9.79 Å². The van der Waals surface area contributed by atoms with Crippen LogP contribution >= 0.6 is 24.0 Å². The smallest absolute Gasteiger partial charge is 0.225 e. The number of aliphatic imine (C=N–C) groups is 1. The van der Waals surface area contributed by atoms with Crippen LogP contribution in [-0.2, 0) is 4.79 Å². The lowest BCUT2D eigenvalue weighted by Gasteiger charge is -2.26. The molecule has 0 spiro atoms. The van der Waals surface area contributed by atoms with Crippen LogP contribution < -0.4 is 10.6 Å².